The molecular weight excluding hydrogens is 198 g/mol. The molecule has 0 unspecified atom stereocenters. The minimum atomic E-state index is 1.09. The number of aromatic nitrogens is 1. The highest BCUT2D eigenvalue weighted by molar-refractivity contribution is 5.39. The molecule has 16 heavy (non-hydrogen) atoms. The molecule has 2 rings (SSSR count). The normalized spacial score (nSPS) is 17.8. The Morgan fingerprint density at radius 2 is 1.94 bits per heavy atom. The fourth-order valence-electron chi connectivity index (χ4n) is 2.08. The summed E-state index contributed by atoms with van der Waals surface area (Å²) >= 11 is 0. The van der Waals surface area contributed by atoms with Gasteiger partial charge in [0.25, 0.3) is 0 Å². The second kappa shape index (κ2) is 5.30. The molecule has 3 nitrogen and oxygen atoms in total. The summed E-state index contributed by atoms with van der Waals surface area (Å²) in [5.74, 6) is 1.13. The van der Waals surface area contributed by atoms with Crippen LogP contribution in [0.3, 0.4) is 0 Å². The molecule has 1 aliphatic heterocycles. The Kier molecular flexibility index (Phi) is 3.78. The molecule has 0 atom stereocenters. The second-order valence-electron chi connectivity index (χ2n) is 4.56. The molecule has 3 heteroatoms. The molecule has 0 amide bonds. The van der Waals surface area contributed by atoms with E-state index in [-0.39, 0.29) is 0 Å². The molecule has 0 saturated carbocycles. The summed E-state index contributed by atoms with van der Waals surface area (Å²) in [6, 6.07) is 4.38. The van der Waals surface area contributed by atoms with Crippen molar-refractivity contribution in [2.45, 2.75) is 19.8 Å². The molecule has 1 aliphatic rings. The highest BCUT2D eigenvalue weighted by atomic mass is 15.3. The maximum Gasteiger partial charge on any atom is 0.128 e. The van der Waals surface area contributed by atoms with Gasteiger partial charge in [0, 0.05) is 32.4 Å². The third-order valence-corrected chi connectivity index (χ3v) is 3.18. The molecule has 1 fully saturated rings. The van der Waals surface area contributed by atoms with Gasteiger partial charge in [-0.05, 0) is 25.1 Å². The van der Waals surface area contributed by atoms with Crippen molar-refractivity contribution >= 4 is 5.82 Å². The average Bonchev–Trinajstić information content (AvgIpc) is 2.32. The Bertz CT molecular complexity index is 312. The summed E-state index contributed by atoms with van der Waals surface area (Å²) in [6.45, 7) is 6.67. The summed E-state index contributed by atoms with van der Waals surface area (Å²) in [5, 5.41) is 0. The van der Waals surface area contributed by atoms with Crippen LogP contribution in [0.1, 0.15) is 18.9 Å². The van der Waals surface area contributed by atoms with Crippen molar-refractivity contribution in [2.24, 2.45) is 0 Å². The molecule has 0 N–H and O–H groups in total. The van der Waals surface area contributed by atoms with Gasteiger partial charge in [0.05, 0.1) is 0 Å². The summed E-state index contributed by atoms with van der Waals surface area (Å²) in [7, 11) is 2.18. The van der Waals surface area contributed by atoms with Crippen LogP contribution in [0.25, 0.3) is 0 Å². The molecule has 0 spiro atoms. The van der Waals surface area contributed by atoms with Gasteiger partial charge in [-0.25, -0.2) is 4.98 Å². The van der Waals surface area contributed by atoms with Crippen molar-refractivity contribution in [2.75, 3.05) is 38.1 Å². The predicted octanol–water partition coefficient (Wildman–Crippen LogP) is 1.79. The van der Waals surface area contributed by atoms with Crippen LogP contribution in [0.15, 0.2) is 18.3 Å². The lowest BCUT2D eigenvalue weighted by atomic mass is 10.2. The van der Waals surface area contributed by atoms with E-state index in [2.05, 4.69) is 40.9 Å². The van der Waals surface area contributed by atoms with Crippen molar-refractivity contribution < 1.29 is 0 Å². The van der Waals surface area contributed by atoms with E-state index in [4.69, 9.17) is 0 Å². The Morgan fingerprint density at radius 3 is 2.50 bits per heavy atom. The minimum Gasteiger partial charge on any atom is -0.354 e. The maximum absolute atomic E-state index is 4.55. The number of piperazine rings is 1. The van der Waals surface area contributed by atoms with E-state index < -0.39 is 0 Å². The lowest BCUT2D eigenvalue weighted by Crippen LogP contribution is -2.44. The fourth-order valence-corrected chi connectivity index (χ4v) is 2.08. The smallest absolute Gasteiger partial charge is 0.128 e. The standard InChI is InChI=1S/C13H21N3/c1-3-4-12-5-6-13(14-11-12)16-9-7-15(2)8-10-16/h5-6,11H,3-4,7-10H2,1-2H3. The number of anilines is 1. The van der Waals surface area contributed by atoms with Gasteiger partial charge < -0.3 is 9.80 Å². The zero-order valence-corrected chi connectivity index (χ0v) is 10.3. The number of rotatable bonds is 3. The van der Waals surface area contributed by atoms with Crippen molar-refractivity contribution in [1.29, 1.82) is 0 Å². The van der Waals surface area contributed by atoms with Crippen molar-refractivity contribution in [3.8, 4) is 0 Å². The fraction of sp³-hybridized carbons (Fsp3) is 0.615. The summed E-state index contributed by atoms with van der Waals surface area (Å²) in [5.41, 5.74) is 1.35. The molecule has 1 aromatic heterocycles. The predicted molar refractivity (Wildman–Crippen MR) is 67.9 cm³/mol. The number of hydrogen-bond donors (Lipinski definition) is 0. The summed E-state index contributed by atoms with van der Waals surface area (Å²) < 4.78 is 0. The number of hydrogen-bond acceptors (Lipinski definition) is 3. The first-order valence-electron chi connectivity index (χ1n) is 6.18. The summed E-state index contributed by atoms with van der Waals surface area (Å²) in [6.07, 6.45) is 4.35. The first-order valence-corrected chi connectivity index (χ1v) is 6.18. The Morgan fingerprint density at radius 1 is 1.19 bits per heavy atom. The van der Waals surface area contributed by atoms with Gasteiger partial charge >= 0.3 is 0 Å². The molecule has 0 radical (unpaired) electrons. The van der Waals surface area contributed by atoms with Crippen LogP contribution in [0.2, 0.25) is 0 Å². The largest absolute Gasteiger partial charge is 0.354 e. The lowest BCUT2D eigenvalue weighted by molar-refractivity contribution is 0.312. The number of likely N-dealkylation sites (N-methyl/N-ethyl adjacent to an activating group) is 1. The van der Waals surface area contributed by atoms with Crippen molar-refractivity contribution in [1.82, 2.24) is 9.88 Å². The number of pyridine rings is 1. The van der Waals surface area contributed by atoms with Crippen LogP contribution in [0, 0.1) is 0 Å². The van der Waals surface area contributed by atoms with E-state index in [1.165, 1.54) is 12.0 Å². The highest BCUT2D eigenvalue weighted by Gasteiger charge is 2.14. The number of nitrogens with zero attached hydrogens (tertiary/aromatic N) is 3. The van der Waals surface area contributed by atoms with Gasteiger partial charge in [0.15, 0.2) is 0 Å². The first kappa shape index (κ1) is 11.4. The quantitative estimate of drug-likeness (QED) is 0.772. The van der Waals surface area contributed by atoms with Crippen molar-refractivity contribution in [3.63, 3.8) is 0 Å². The Labute approximate surface area is 98.1 Å². The van der Waals surface area contributed by atoms with E-state index in [0.717, 1.165) is 38.4 Å². The average molecular weight is 219 g/mol. The van der Waals surface area contributed by atoms with E-state index in [9.17, 15) is 0 Å². The maximum atomic E-state index is 4.55. The van der Waals surface area contributed by atoms with Gasteiger partial charge in [0.2, 0.25) is 0 Å². The van der Waals surface area contributed by atoms with Gasteiger partial charge in [0.1, 0.15) is 5.82 Å². The van der Waals surface area contributed by atoms with Crippen LogP contribution in [-0.2, 0) is 6.42 Å². The minimum absolute atomic E-state index is 1.09. The molecule has 1 aromatic rings. The van der Waals surface area contributed by atoms with Crippen LogP contribution in [-0.4, -0.2) is 43.1 Å². The molecular formula is C13H21N3. The molecule has 2 heterocycles. The topological polar surface area (TPSA) is 19.4 Å². The summed E-state index contributed by atoms with van der Waals surface area (Å²) in [4.78, 5) is 9.29. The van der Waals surface area contributed by atoms with Crippen LogP contribution < -0.4 is 4.90 Å². The first-order chi connectivity index (χ1) is 7.79. The molecule has 1 saturated heterocycles. The van der Waals surface area contributed by atoms with E-state index in [0.29, 0.717) is 0 Å². The zero-order valence-electron chi connectivity index (χ0n) is 10.3. The molecule has 0 aliphatic carbocycles. The van der Waals surface area contributed by atoms with Gasteiger partial charge in [-0.15, -0.1) is 0 Å². The van der Waals surface area contributed by atoms with E-state index in [1.54, 1.807) is 0 Å². The van der Waals surface area contributed by atoms with Crippen LogP contribution in [0.4, 0.5) is 5.82 Å². The van der Waals surface area contributed by atoms with Gasteiger partial charge in [-0.1, -0.05) is 19.4 Å². The van der Waals surface area contributed by atoms with Crippen LogP contribution >= 0.6 is 0 Å². The Hall–Kier alpha value is -1.09. The van der Waals surface area contributed by atoms with Crippen molar-refractivity contribution in [3.05, 3.63) is 23.9 Å². The molecule has 0 bridgehead atoms. The zero-order chi connectivity index (χ0) is 11.4. The monoisotopic (exact) mass is 219 g/mol. The third-order valence-electron chi connectivity index (χ3n) is 3.18. The highest BCUT2D eigenvalue weighted by Crippen LogP contribution is 2.14. The Balaban J connectivity index is 1.98. The molecule has 0 aromatic carbocycles. The van der Waals surface area contributed by atoms with E-state index in [1.807, 2.05) is 6.20 Å². The van der Waals surface area contributed by atoms with Crippen LogP contribution in [0.5, 0.6) is 0 Å². The molecule has 88 valence electrons. The SMILES string of the molecule is CCCc1ccc(N2CCN(C)CC2)nc1. The van der Waals surface area contributed by atoms with Gasteiger partial charge in [-0.3, -0.25) is 0 Å². The lowest BCUT2D eigenvalue weighted by Gasteiger charge is -2.33. The second-order valence-corrected chi connectivity index (χ2v) is 4.56. The van der Waals surface area contributed by atoms with E-state index >= 15 is 0 Å². The third kappa shape index (κ3) is 2.73. The van der Waals surface area contributed by atoms with Gasteiger partial charge in [-0.2, -0.15) is 0 Å². The number of aryl methyl sites for hydroxylation is 1.